The summed E-state index contributed by atoms with van der Waals surface area (Å²) in [6.07, 6.45) is -2.86. The SMILES string of the molecule is Cc1c(Br)cnc(Cl)c1-c1cccc(C(F)(F)F)c1. The second kappa shape index (κ2) is 5.13. The molecule has 0 bridgehead atoms. The molecule has 1 aromatic heterocycles. The van der Waals surface area contributed by atoms with Crippen LogP contribution in [0.4, 0.5) is 13.2 Å². The van der Waals surface area contributed by atoms with Gasteiger partial charge in [-0.2, -0.15) is 13.2 Å². The van der Waals surface area contributed by atoms with E-state index in [-0.39, 0.29) is 5.15 Å². The molecule has 0 N–H and O–H groups in total. The van der Waals surface area contributed by atoms with Crippen molar-refractivity contribution in [2.45, 2.75) is 13.1 Å². The maximum Gasteiger partial charge on any atom is 0.416 e. The lowest BCUT2D eigenvalue weighted by Gasteiger charge is -2.12. The van der Waals surface area contributed by atoms with E-state index in [1.54, 1.807) is 13.0 Å². The van der Waals surface area contributed by atoms with Gasteiger partial charge in [0.2, 0.25) is 0 Å². The molecule has 0 spiro atoms. The van der Waals surface area contributed by atoms with Gasteiger partial charge in [0.05, 0.1) is 5.56 Å². The summed E-state index contributed by atoms with van der Waals surface area (Å²) in [5.74, 6) is 0. The van der Waals surface area contributed by atoms with Crippen molar-refractivity contribution in [3.63, 3.8) is 0 Å². The predicted molar refractivity (Wildman–Crippen MR) is 72.1 cm³/mol. The molecule has 6 heteroatoms. The zero-order valence-electron chi connectivity index (χ0n) is 9.72. The smallest absolute Gasteiger partial charge is 0.243 e. The predicted octanol–water partition coefficient (Wildman–Crippen LogP) is 5.49. The number of aromatic nitrogens is 1. The Morgan fingerprint density at radius 2 is 1.95 bits per heavy atom. The van der Waals surface area contributed by atoms with E-state index in [0.29, 0.717) is 15.6 Å². The van der Waals surface area contributed by atoms with E-state index in [1.165, 1.54) is 12.3 Å². The molecule has 0 fully saturated rings. The third kappa shape index (κ3) is 2.92. The van der Waals surface area contributed by atoms with E-state index in [1.807, 2.05) is 0 Å². The Morgan fingerprint density at radius 1 is 1.26 bits per heavy atom. The topological polar surface area (TPSA) is 12.9 Å². The molecule has 1 aromatic carbocycles. The van der Waals surface area contributed by atoms with E-state index in [4.69, 9.17) is 11.6 Å². The minimum atomic E-state index is -4.38. The molecule has 0 aliphatic rings. The highest BCUT2D eigenvalue weighted by Crippen LogP contribution is 2.36. The summed E-state index contributed by atoms with van der Waals surface area (Å²) < 4.78 is 38.8. The lowest BCUT2D eigenvalue weighted by atomic mass is 10.0. The molecule has 0 unspecified atom stereocenters. The average molecular weight is 351 g/mol. The largest absolute Gasteiger partial charge is 0.416 e. The van der Waals surface area contributed by atoms with Crippen molar-refractivity contribution < 1.29 is 13.2 Å². The van der Waals surface area contributed by atoms with Crippen LogP contribution in [-0.2, 0) is 6.18 Å². The maximum atomic E-state index is 12.7. The molecule has 0 aliphatic heterocycles. The molecule has 2 rings (SSSR count). The van der Waals surface area contributed by atoms with Crippen LogP contribution in [0.1, 0.15) is 11.1 Å². The van der Waals surface area contributed by atoms with Gasteiger partial charge in [0.25, 0.3) is 0 Å². The number of alkyl halides is 3. The van der Waals surface area contributed by atoms with Crippen LogP contribution in [0.25, 0.3) is 11.1 Å². The molecule has 1 nitrogen and oxygen atoms in total. The Hall–Kier alpha value is -1.07. The quantitative estimate of drug-likeness (QED) is 0.620. The molecule has 0 aliphatic carbocycles. The zero-order chi connectivity index (χ0) is 14.2. The highest BCUT2D eigenvalue weighted by atomic mass is 79.9. The molecular formula is C13H8BrClF3N. The Labute approximate surface area is 121 Å². The molecule has 0 amide bonds. The van der Waals surface area contributed by atoms with Crippen LogP contribution >= 0.6 is 27.5 Å². The molecule has 19 heavy (non-hydrogen) atoms. The first-order valence-corrected chi connectivity index (χ1v) is 6.46. The Morgan fingerprint density at radius 3 is 2.58 bits per heavy atom. The van der Waals surface area contributed by atoms with Crippen molar-refractivity contribution in [1.29, 1.82) is 0 Å². The lowest BCUT2D eigenvalue weighted by molar-refractivity contribution is -0.137. The minimum absolute atomic E-state index is 0.181. The van der Waals surface area contributed by atoms with Gasteiger partial charge >= 0.3 is 6.18 Å². The van der Waals surface area contributed by atoms with E-state index in [9.17, 15) is 13.2 Å². The van der Waals surface area contributed by atoms with Gasteiger partial charge in [0.1, 0.15) is 5.15 Å². The molecule has 2 aromatic rings. The number of halogens is 5. The number of pyridine rings is 1. The summed E-state index contributed by atoms with van der Waals surface area (Å²) in [6, 6.07) is 5.03. The van der Waals surface area contributed by atoms with Gasteiger partial charge < -0.3 is 0 Å². The fourth-order valence-corrected chi connectivity index (χ4v) is 2.34. The second-order valence-electron chi connectivity index (χ2n) is 3.98. The summed E-state index contributed by atoms with van der Waals surface area (Å²) in [4.78, 5) is 3.95. The van der Waals surface area contributed by atoms with Crippen molar-refractivity contribution in [2.75, 3.05) is 0 Å². The number of hydrogen-bond donors (Lipinski definition) is 0. The van der Waals surface area contributed by atoms with Gasteiger partial charge in [-0.15, -0.1) is 0 Å². The molecule has 0 saturated carbocycles. The maximum absolute atomic E-state index is 12.7. The van der Waals surface area contributed by atoms with Crippen molar-refractivity contribution in [2.24, 2.45) is 0 Å². The van der Waals surface area contributed by atoms with Gasteiger partial charge in [-0.25, -0.2) is 4.98 Å². The van der Waals surface area contributed by atoms with E-state index in [0.717, 1.165) is 17.7 Å². The first kappa shape index (κ1) is 14.3. The molecule has 0 atom stereocenters. The number of benzene rings is 1. The highest BCUT2D eigenvalue weighted by molar-refractivity contribution is 9.10. The van der Waals surface area contributed by atoms with Gasteiger partial charge in [-0.05, 0) is 46.1 Å². The van der Waals surface area contributed by atoms with E-state index >= 15 is 0 Å². The standard InChI is InChI=1S/C13H8BrClF3N/c1-7-10(14)6-19-12(15)11(7)8-3-2-4-9(5-8)13(16,17)18/h2-6H,1H3. The first-order chi connectivity index (χ1) is 8.80. The molecular weight excluding hydrogens is 343 g/mol. The van der Waals surface area contributed by atoms with Crippen LogP contribution in [0.5, 0.6) is 0 Å². The van der Waals surface area contributed by atoms with Crippen LogP contribution in [-0.4, -0.2) is 4.98 Å². The summed E-state index contributed by atoms with van der Waals surface area (Å²) in [6.45, 7) is 1.77. The van der Waals surface area contributed by atoms with Crippen LogP contribution in [0, 0.1) is 6.92 Å². The summed E-state index contributed by atoms with van der Waals surface area (Å²) in [7, 11) is 0. The lowest BCUT2D eigenvalue weighted by Crippen LogP contribution is -2.04. The average Bonchev–Trinajstić information content (AvgIpc) is 2.34. The van der Waals surface area contributed by atoms with Gasteiger partial charge in [-0.3, -0.25) is 0 Å². The van der Waals surface area contributed by atoms with Gasteiger partial charge in [0.15, 0.2) is 0 Å². The third-order valence-corrected chi connectivity index (χ3v) is 3.80. The van der Waals surface area contributed by atoms with Gasteiger partial charge in [-0.1, -0.05) is 23.7 Å². The summed E-state index contributed by atoms with van der Waals surface area (Å²) in [5, 5.41) is 0.181. The van der Waals surface area contributed by atoms with E-state index < -0.39 is 11.7 Å². The second-order valence-corrected chi connectivity index (χ2v) is 5.19. The van der Waals surface area contributed by atoms with Crippen molar-refractivity contribution in [1.82, 2.24) is 4.98 Å². The summed E-state index contributed by atoms with van der Waals surface area (Å²) in [5.41, 5.74) is 0.938. The Balaban J connectivity index is 2.64. The van der Waals surface area contributed by atoms with Crippen LogP contribution < -0.4 is 0 Å². The van der Waals surface area contributed by atoms with Crippen molar-refractivity contribution >= 4 is 27.5 Å². The fraction of sp³-hybridized carbons (Fsp3) is 0.154. The first-order valence-electron chi connectivity index (χ1n) is 5.29. The van der Waals surface area contributed by atoms with Crippen molar-refractivity contribution in [3.8, 4) is 11.1 Å². The number of rotatable bonds is 1. The molecule has 0 saturated heterocycles. The highest BCUT2D eigenvalue weighted by Gasteiger charge is 2.30. The fourth-order valence-electron chi connectivity index (χ4n) is 1.74. The summed E-state index contributed by atoms with van der Waals surface area (Å²) >= 11 is 9.28. The number of hydrogen-bond acceptors (Lipinski definition) is 1. The van der Waals surface area contributed by atoms with Crippen LogP contribution in [0.2, 0.25) is 5.15 Å². The molecule has 1 heterocycles. The zero-order valence-corrected chi connectivity index (χ0v) is 12.1. The number of nitrogens with zero attached hydrogens (tertiary/aromatic N) is 1. The van der Waals surface area contributed by atoms with Crippen LogP contribution in [0.15, 0.2) is 34.9 Å². The van der Waals surface area contributed by atoms with Crippen molar-refractivity contribution in [3.05, 3.63) is 51.2 Å². The molecule has 0 radical (unpaired) electrons. The third-order valence-electron chi connectivity index (χ3n) is 2.71. The Bertz CT molecular complexity index is 626. The van der Waals surface area contributed by atoms with Gasteiger partial charge in [0, 0.05) is 16.2 Å². The van der Waals surface area contributed by atoms with E-state index in [2.05, 4.69) is 20.9 Å². The van der Waals surface area contributed by atoms with Crippen LogP contribution in [0.3, 0.4) is 0 Å². The minimum Gasteiger partial charge on any atom is -0.243 e. The normalized spacial score (nSPS) is 11.7. The monoisotopic (exact) mass is 349 g/mol. The molecule has 100 valence electrons. The Kier molecular flexibility index (Phi) is 3.87.